The average Bonchev–Trinajstić information content (AvgIpc) is 2.38. The summed E-state index contributed by atoms with van der Waals surface area (Å²) in [6.07, 6.45) is 5.27. The maximum absolute atomic E-state index is 12.5. The molecule has 0 unspecified atom stereocenters. The lowest BCUT2D eigenvalue weighted by molar-refractivity contribution is 0.0674. The van der Waals surface area contributed by atoms with E-state index in [1.54, 1.807) is 12.4 Å². The Morgan fingerprint density at radius 2 is 2.06 bits per heavy atom. The highest BCUT2D eigenvalue weighted by molar-refractivity contribution is 5.94. The van der Waals surface area contributed by atoms with Crippen molar-refractivity contribution in [1.82, 2.24) is 9.88 Å². The molecular formula is C14H23N3O. The molecule has 0 spiro atoms. The van der Waals surface area contributed by atoms with Crippen molar-refractivity contribution < 1.29 is 4.79 Å². The number of aryl methyl sites for hydroxylation is 1. The molecule has 1 rings (SSSR count). The van der Waals surface area contributed by atoms with E-state index in [2.05, 4.69) is 18.8 Å². The molecule has 100 valence electrons. The quantitative estimate of drug-likeness (QED) is 0.838. The Bertz CT molecular complexity index is 388. The van der Waals surface area contributed by atoms with E-state index < -0.39 is 0 Å². The first-order chi connectivity index (χ1) is 8.63. The van der Waals surface area contributed by atoms with E-state index in [1.165, 1.54) is 0 Å². The van der Waals surface area contributed by atoms with Gasteiger partial charge in [-0.2, -0.15) is 0 Å². The Morgan fingerprint density at radius 1 is 1.39 bits per heavy atom. The van der Waals surface area contributed by atoms with Crippen LogP contribution < -0.4 is 5.73 Å². The number of nitrogens with two attached hydrogens (primary N) is 1. The van der Waals surface area contributed by atoms with Crippen LogP contribution in [-0.2, 0) is 0 Å². The number of hydrogen-bond acceptors (Lipinski definition) is 3. The van der Waals surface area contributed by atoms with Gasteiger partial charge in [0.15, 0.2) is 0 Å². The van der Waals surface area contributed by atoms with Crippen molar-refractivity contribution in [2.75, 3.05) is 13.1 Å². The highest BCUT2D eigenvalue weighted by atomic mass is 16.2. The van der Waals surface area contributed by atoms with E-state index in [0.717, 1.165) is 18.4 Å². The predicted molar refractivity (Wildman–Crippen MR) is 73.4 cm³/mol. The van der Waals surface area contributed by atoms with Crippen LogP contribution in [0.5, 0.6) is 0 Å². The lowest BCUT2D eigenvalue weighted by Gasteiger charge is -2.30. The lowest BCUT2D eigenvalue weighted by Crippen LogP contribution is -2.42. The number of carbonyl (C=O) groups is 1. The summed E-state index contributed by atoms with van der Waals surface area (Å²) < 4.78 is 0. The molecule has 0 aliphatic rings. The fraction of sp³-hybridized carbons (Fsp3) is 0.571. The molecule has 4 nitrogen and oxygen atoms in total. The summed E-state index contributed by atoms with van der Waals surface area (Å²) >= 11 is 0. The van der Waals surface area contributed by atoms with Gasteiger partial charge in [0.25, 0.3) is 5.91 Å². The second-order valence-electron chi connectivity index (χ2n) is 4.51. The third kappa shape index (κ3) is 3.53. The Kier molecular flexibility index (Phi) is 5.78. The lowest BCUT2D eigenvalue weighted by atomic mass is 10.1. The van der Waals surface area contributed by atoms with Crippen LogP contribution in [0.25, 0.3) is 0 Å². The molecule has 4 heteroatoms. The third-order valence-corrected chi connectivity index (χ3v) is 3.14. The zero-order chi connectivity index (χ0) is 13.5. The van der Waals surface area contributed by atoms with Gasteiger partial charge in [-0.3, -0.25) is 9.78 Å². The minimum absolute atomic E-state index is 0.0327. The molecule has 0 fully saturated rings. The number of rotatable bonds is 6. The molecule has 0 aliphatic carbocycles. The normalized spacial score (nSPS) is 10.7. The predicted octanol–water partition coefficient (Wildman–Crippen LogP) is 1.98. The van der Waals surface area contributed by atoms with Crippen LogP contribution in [-0.4, -0.2) is 34.9 Å². The van der Waals surface area contributed by atoms with Gasteiger partial charge in [0.05, 0.1) is 5.56 Å². The Morgan fingerprint density at radius 3 is 2.56 bits per heavy atom. The van der Waals surface area contributed by atoms with E-state index in [0.29, 0.717) is 18.7 Å². The van der Waals surface area contributed by atoms with E-state index in [9.17, 15) is 4.79 Å². The van der Waals surface area contributed by atoms with Gasteiger partial charge in [0, 0.05) is 31.5 Å². The van der Waals surface area contributed by atoms with Gasteiger partial charge in [-0.05, 0) is 31.4 Å². The molecule has 0 saturated heterocycles. The van der Waals surface area contributed by atoms with Crippen LogP contribution in [0.2, 0.25) is 0 Å². The number of carbonyl (C=O) groups excluding carboxylic acids is 1. The molecule has 1 aromatic heterocycles. The first-order valence-corrected chi connectivity index (χ1v) is 6.56. The monoisotopic (exact) mass is 249 g/mol. The van der Waals surface area contributed by atoms with Gasteiger partial charge in [0.1, 0.15) is 0 Å². The third-order valence-electron chi connectivity index (χ3n) is 3.14. The number of aromatic nitrogens is 1. The van der Waals surface area contributed by atoms with Crippen LogP contribution in [0.1, 0.15) is 42.6 Å². The SMILES string of the molecule is CCC(CC)N(CCN)C(=O)c1cncc(C)c1. The van der Waals surface area contributed by atoms with E-state index in [4.69, 9.17) is 5.73 Å². The zero-order valence-corrected chi connectivity index (χ0v) is 11.5. The van der Waals surface area contributed by atoms with Crippen molar-refractivity contribution in [3.05, 3.63) is 29.6 Å². The largest absolute Gasteiger partial charge is 0.334 e. The van der Waals surface area contributed by atoms with E-state index >= 15 is 0 Å². The molecule has 18 heavy (non-hydrogen) atoms. The van der Waals surface area contributed by atoms with Gasteiger partial charge in [-0.1, -0.05) is 13.8 Å². The van der Waals surface area contributed by atoms with Crippen molar-refractivity contribution >= 4 is 5.91 Å². The van der Waals surface area contributed by atoms with E-state index in [1.807, 2.05) is 17.9 Å². The van der Waals surface area contributed by atoms with Gasteiger partial charge in [0.2, 0.25) is 0 Å². The maximum Gasteiger partial charge on any atom is 0.255 e. The molecule has 0 aromatic carbocycles. The molecule has 1 heterocycles. The summed E-state index contributed by atoms with van der Waals surface area (Å²) in [5, 5.41) is 0. The molecule has 0 atom stereocenters. The summed E-state index contributed by atoms with van der Waals surface area (Å²) in [6, 6.07) is 2.13. The van der Waals surface area contributed by atoms with Gasteiger partial charge in [-0.15, -0.1) is 0 Å². The maximum atomic E-state index is 12.5. The Balaban J connectivity index is 2.95. The molecule has 2 N–H and O–H groups in total. The fourth-order valence-corrected chi connectivity index (χ4v) is 2.16. The first kappa shape index (κ1) is 14.6. The van der Waals surface area contributed by atoms with Crippen molar-refractivity contribution in [2.45, 2.75) is 39.7 Å². The summed E-state index contributed by atoms with van der Waals surface area (Å²) in [6.45, 7) is 7.22. The van der Waals surface area contributed by atoms with Crippen LogP contribution in [0.3, 0.4) is 0 Å². The van der Waals surface area contributed by atoms with Gasteiger partial charge >= 0.3 is 0 Å². The molecule has 0 bridgehead atoms. The van der Waals surface area contributed by atoms with Crippen LogP contribution in [0.4, 0.5) is 0 Å². The molecule has 1 aromatic rings. The number of pyridine rings is 1. The van der Waals surface area contributed by atoms with Crippen LogP contribution >= 0.6 is 0 Å². The summed E-state index contributed by atoms with van der Waals surface area (Å²) in [5.74, 6) is 0.0327. The van der Waals surface area contributed by atoms with Crippen LogP contribution in [0.15, 0.2) is 18.5 Å². The van der Waals surface area contributed by atoms with Crippen molar-refractivity contribution in [2.24, 2.45) is 5.73 Å². The smallest absolute Gasteiger partial charge is 0.255 e. The second-order valence-corrected chi connectivity index (χ2v) is 4.51. The zero-order valence-electron chi connectivity index (χ0n) is 11.5. The molecule has 0 saturated carbocycles. The molecule has 0 aliphatic heterocycles. The number of hydrogen-bond donors (Lipinski definition) is 1. The average molecular weight is 249 g/mol. The summed E-state index contributed by atoms with van der Waals surface area (Å²) in [5.41, 5.74) is 7.26. The molecular weight excluding hydrogens is 226 g/mol. The topological polar surface area (TPSA) is 59.2 Å². The first-order valence-electron chi connectivity index (χ1n) is 6.56. The highest BCUT2D eigenvalue weighted by Crippen LogP contribution is 2.13. The molecule has 1 amide bonds. The Labute approximate surface area is 109 Å². The van der Waals surface area contributed by atoms with Crippen LogP contribution in [0, 0.1) is 6.92 Å². The number of nitrogens with zero attached hydrogens (tertiary/aromatic N) is 2. The second kappa shape index (κ2) is 7.11. The Hall–Kier alpha value is -1.42. The van der Waals surface area contributed by atoms with Crippen molar-refractivity contribution in [1.29, 1.82) is 0 Å². The van der Waals surface area contributed by atoms with Crippen molar-refractivity contribution in [3.63, 3.8) is 0 Å². The van der Waals surface area contributed by atoms with Gasteiger partial charge in [-0.25, -0.2) is 0 Å². The van der Waals surface area contributed by atoms with E-state index in [-0.39, 0.29) is 11.9 Å². The summed E-state index contributed by atoms with van der Waals surface area (Å²) in [7, 11) is 0. The molecule has 0 radical (unpaired) electrons. The highest BCUT2D eigenvalue weighted by Gasteiger charge is 2.21. The summed E-state index contributed by atoms with van der Waals surface area (Å²) in [4.78, 5) is 18.4. The minimum atomic E-state index is 0.0327. The fourth-order valence-electron chi connectivity index (χ4n) is 2.16. The van der Waals surface area contributed by atoms with Gasteiger partial charge < -0.3 is 10.6 Å². The van der Waals surface area contributed by atoms with Crippen molar-refractivity contribution in [3.8, 4) is 0 Å². The standard InChI is InChI=1S/C14H23N3O/c1-4-13(5-2)17(7-6-15)14(18)12-8-11(3)9-16-10-12/h8-10,13H,4-7,15H2,1-3H3. The minimum Gasteiger partial charge on any atom is -0.334 e. The number of amides is 1.